The predicted octanol–water partition coefficient (Wildman–Crippen LogP) is 2.93. The minimum absolute atomic E-state index is 0.196. The second-order valence-electron chi connectivity index (χ2n) is 4.03. The standard InChI is InChI=1S/C13H9F5N2/c14-6-1-2-7(10(16)5-6)13(20-19)8-3-4-9(15)12(18)11(8)17/h1-5,13,20H,19H2. The van der Waals surface area contributed by atoms with E-state index in [0.29, 0.717) is 12.1 Å². The van der Waals surface area contributed by atoms with Crippen LogP contribution >= 0.6 is 0 Å². The predicted molar refractivity (Wildman–Crippen MR) is 61.8 cm³/mol. The van der Waals surface area contributed by atoms with Crippen molar-refractivity contribution in [1.82, 2.24) is 5.43 Å². The molecular weight excluding hydrogens is 279 g/mol. The number of hydrazine groups is 1. The first kappa shape index (κ1) is 14.4. The Labute approximate surface area is 111 Å². The van der Waals surface area contributed by atoms with E-state index < -0.39 is 40.7 Å². The number of hydrogen-bond donors (Lipinski definition) is 2. The summed E-state index contributed by atoms with van der Waals surface area (Å²) in [4.78, 5) is 0. The number of halogens is 5. The molecule has 2 rings (SSSR count). The second-order valence-corrected chi connectivity index (χ2v) is 4.03. The van der Waals surface area contributed by atoms with E-state index in [0.717, 1.165) is 18.2 Å². The van der Waals surface area contributed by atoms with Gasteiger partial charge in [-0.3, -0.25) is 5.84 Å². The fourth-order valence-corrected chi connectivity index (χ4v) is 1.85. The molecule has 0 radical (unpaired) electrons. The van der Waals surface area contributed by atoms with Gasteiger partial charge in [0.1, 0.15) is 11.6 Å². The molecule has 2 aromatic carbocycles. The van der Waals surface area contributed by atoms with Gasteiger partial charge in [0.05, 0.1) is 6.04 Å². The van der Waals surface area contributed by atoms with Gasteiger partial charge in [-0.15, -0.1) is 0 Å². The van der Waals surface area contributed by atoms with Crippen LogP contribution in [0.1, 0.15) is 17.2 Å². The van der Waals surface area contributed by atoms with Gasteiger partial charge in [0.25, 0.3) is 0 Å². The lowest BCUT2D eigenvalue weighted by molar-refractivity contribution is 0.431. The van der Waals surface area contributed by atoms with Gasteiger partial charge < -0.3 is 0 Å². The first-order valence-corrected chi connectivity index (χ1v) is 5.50. The summed E-state index contributed by atoms with van der Waals surface area (Å²) in [6.45, 7) is 0. The molecule has 0 heterocycles. The summed E-state index contributed by atoms with van der Waals surface area (Å²) in [5.74, 6) is -1.16. The fourth-order valence-electron chi connectivity index (χ4n) is 1.85. The minimum Gasteiger partial charge on any atom is -0.271 e. The van der Waals surface area contributed by atoms with Crippen molar-refractivity contribution >= 4 is 0 Å². The lowest BCUT2D eigenvalue weighted by Gasteiger charge is -2.18. The Hall–Kier alpha value is -1.99. The van der Waals surface area contributed by atoms with Crippen LogP contribution in [0, 0.1) is 29.1 Å². The van der Waals surface area contributed by atoms with E-state index >= 15 is 0 Å². The van der Waals surface area contributed by atoms with E-state index in [-0.39, 0.29) is 5.56 Å². The van der Waals surface area contributed by atoms with Gasteiger partial charge in [-0.1, -0.05) is 12.1 Å². The Morgan fingerprint density at radius 1 is 0.800 bits per heavy atom. The van der Waals surface area contributed by atoms with Crippen LogP contribution in [0.25, 0.3) is 0 Å². The van der Waals surface area contributed by atoms with Crippen LogP contribution in [0.2, 0.25) is 0 Å². The Bertz CT molecular complexity index is 645. The molecule has 0 saturated carbocycles. The van der Waals surface area contributed by atoms with E-state index in [1.807, 2.05) is 0 Å². The molecule has 1 unspecified atom stereocenters. The lowest BCUT2D eigenvalue weighted by Crippen LogP contribution is -2.30. The number of hydrogen-bond acceptors (Lipinski definition) is 2. The van der Waals surface area contributed by atoms with Gasteiger partial charge in [-0.05, 0) is 12.1 Å². The van der Waals surface area contributed by atoms with E-state index in [4.69, 9.17) is 5.84 Å². The molecule has 0 saturated heterocycles. The molecule has 1 atom stereocenters. The molecule has 0 aliphatic heterocycles. The highest BCUT2D eigenvalue weighted by atomic mass is 19.2. The van der Waals surface area contributed by atoms with Crippen LogP contribution in [-0.4, -0.2) is 0 Å². The van der Waals surface area contributed by atoms with Crippen LogP contribution in [-0.2, 0) is 0 Å². The molecule has 0 spiro atoms. The second kappa shape index (κ2) is 5.56. The maximum atomic E-state index is 13.7. The molecule has 0 aliphatic rings. The van der Waals surface area contributed by atoms with Crippen molar-refractivity contribution in [3.05, 3.63) is 70.5 Å². The van der Waals surface area contributed by atoms with Crippen molar-refractivity contribution in [3.63, 3.8) is 0 Å². The summed E-state index contributed by atoms with van der Waals surface area (Å²) in [5, 5.41) is 0. The summed E-state index contributed by atoms with van der Waals surface area (Å²) in [6, 6.07) is 2.90. The first-order chi connectivity index (χ1) is 9.45. The van der Waals surface area contributed by atoms with Crippen molar-refractivity contribution < 1.29 is 22.0 Å². The Balaban J connectivity index is 2.55. The number of nitrogens with one attached hydrogen (secondary N) is 1. The molecule has 0 aromatic heterocycles. The third kappa shape index (κ3) is 2.50. The number of rotatable bonds is 3. The lowest BCUT2D eigenvalue weighted by atomic mass is 9.98. The molecule has 20 heavy (non-hydrogen) atoms. The van der Waals surface area contributed by atoms with E-state index in [1.165, 1.54) is 0 Å². The Morgan fingerprint density at radius 2 is 1.45 bits per heavy atom. The average Bonchev–Trinajstić information content (AvgIpc) is 2.41. The Kier molecular flexibility index (Phi) is 4.01. The SMILES string of the molecule is NNC(c1ccc(F)cc1F)c1ccc(F)c(F)c1F. The van der Waals surface area contributed by atoms with E-state index in [2.05, 4.69) is 5.43 Å². The molecule has 2 nitrogen and oxygen atoms in total. The molecule has 2 aromatic rings. The van der Waals surface area contributed by atoms with Crippen LogP contribution in [0.3, 0.4) is 0 Å². The highest BCUT2D eigenvalue weighted by molar-refractivity contribution is 5.34. The quantitative estimate of drug-likeness (QED) is 0.394. The summed E-state index contributed by atoms with van der Waals surface area (Å²) >= 11 is 0. The average molecular weight is 288 g/mol. The van der Waals surface area contributed by atoms with Crippen LogP contribution in [0.15, 0.2) is 30.3 Å². The van der Waals surface area contributed by atoms with E-state index in [9.17, 15) is 22.0 Å². The minimum atomic E-state index is -1.69. The van der Waals surface area contributed by atoms with Gasteiger partial charge in [0.2, 0.25) is 0 Å². The zero-order chi connectivity index (χ0) is 14.9. The largest absolute Gasteiger partial charge is 0.271 e. The number of benzene rings is 2. The fraction of sp³-hybridized carbons (Fsp3) is 0.0769. The van der Waals surface area contributed by atoms with Crippen LogP contribution in [0.4, 0.5) is 22.0 Å². The molecule has 0 fully saturated rings. The van der Waals surface area contributed by atoms with Crippen molar-refractivity contribution in [2.24, 2.45) is 5.84 Å². The van der Waals surface area contributed by atoms with Gasteiger partial charge >= 0.3 is 0 Å². The Morgan fingerprint density at radius 3 is 2.05 bits per heavy atom. The van der Waals surface area contributed by atoms with Gasteiger partial charge in [0, 0.05) is 17.2 Å². The molecule has 0 amide bonds. The highest BCUT2D eigenvalue weighted by Gasteiger charge is 2.23. The smallest absolute Gasteiger partial charge is 0.194 e. The van der Waals surface area contributed by atoms with Gasteiger partial charge in [-0.2, -0.15) is 0 Å². The topological polar surface area (TPSA) is 38.0 Å². The maximum Gasteiger partial charge on any atom is 0.194 e. The van der Waals surface area contributed by atoms with Gasteiger partial charge in [0.15, 0.2) is 17.5 Å². The van der Waals surface area contributed by atoms with Crippen molar-refractivity contribution in [2.45, 2.75) is 6.04 Å². The summed E-state index contributed by atoms with van der Waals surface area (Å²) in [5.41, 5.74) is 1.50. The van der Waals surface area contributed by atoms with Crippen LogP contribution in [0.5, 0.6) is 0 Å². The zero-order valence-corrected chi connectivity index (χ0v) is 9.93. The molecule has 0 aliphatic carbocycles. The first-order valence-electron chi connectivity index (χ1n) is 5.50. The molecule has 0 bridgehead atoms. The van der Waals surface area contributed by atoms with Crippen LogP contribution < -0.4 is 11.3 Å². The third-order valence-corrected chi connectivity index (χ3v) is 2.82. The third-order valence-electron chi connectivity index (χ3n) is 2.82. The zero-order valence-electron chi connectivity index (χ0n) is 9.93. The van der Waals surface area contributed by atoms with Crippen molar-refractivity contribution in [1.29, 1.82) is 0 Å². The molecule has 7 heteroatoms. The monoisotopic (exact) mass is 288 g/mol. The summed E-state index contributed by atoms with van der Waals surface area (Å²) in [7, 11) is 0. The normalized spacial score (nSPS) is 12.5. The summed E-state index contributed by atoms with van der Waals surface area (Å²) in [6.07, 6.45) is 0. The molecule has 3 N–H and O–H groups in total. The maximum absolute atomic E-state index is 13.7. The molecular formula is C13H9F5N2. The summed E-state index contributed by atoms with van der Waals surface area (Å²) < 4.78 is 66.3. The number of nitrogens with two attached hydrogens (primary N) is 1. The van der Waals surface area contributed by atoms with Crippen molar-refractivity contribution in [2.75, 3.05) is 0 Å². The van der Waals surface area contributed by atoms with E-state index in [1.54, 1.807) is 0 Å². The molecule has 106 valence electrons. The highest BCUT2D eigenvalue weighted by Crippen LogP contribution is 2.28. The van der Waals surface area contributed by atoms with Crippen molar-refractivity contribution in [3.8, 4) is 0 Å². The van der Waals surface area contributed by atoms with Gasteiger partial charge in [-0.25, -0.2) is 27.4 Å².